The Morgan fingerprint density at radius 1 is 1.07 bits per heavy atom. The van der Waals surface area contributed by atoms with Crippen LogP contribution in [0.15, 0.2) is 52.1 Å². The number of methoxy groups -OCH3 is 2. The normalized spacial score (nSPS) is 10.4. The summed E-state index contributed by atoms with van der Waals surface area (Å²) >= 11 is 1.55. The van der Waals surface area contributed by atoms with Gasteiger partial charge in [0.2, 0.25) is 5.56 Å². The number of benzene rings is 1. The molecule has 2 N–H and O–H groups in total. The Labute approximate surface area is 177 Å². The average Bonchev–Trinajstić information content (AvgIpc) is 3.26. The summed E-state index contributed by atoms with van der Waals surface area (Å²) in [5.41, 5.74) is 1.63. The molecule has 30 heavy (non-hydrogen) atoms. The number of nitrogens with one attached hydrogen (secondary N) is 2. The van der Waals surface area contributed by atoms with E-state index < -0.39 is 5.91 Å². The Hall–Kier alpha value is -3.59. The maximum Gasteiger partial charge on any atom is 0.257 e. The number of ether oxygens (including phenoxy) is 2. The number of aromatic nitrogens is 1. The number of pyridine rings is 1. The second kappa shape index (κ2) is 9.27. The monoisotopic (exact) mass is 427 g/mol. The van der Waals surface area contributed by atoms with Crippen LogP contribution in [0.4, 0.5) is 5.69 Å². The first-order chi connectivity index (χ1) is 14.4. The summed E-state index contributed by atoms with van der Waals surface area (Å²) in [5.74, 6) is -0.192. The number of aryl methyl sites for hydroxylation is 1. The van der Waals surface area contributed by atoms with Gasteiger partial charge in [-0.15, -0.1) is 0 Å². The van der Waals surface area contributed by atoms with E-state index in [0.717, 1.165) is 5.56 Å². The molecule has 0 saturated heterocycles. The van der Waals surface area contributed by atoms with Crippen molar-refractivity contribution in [3.8, 4) is 11.5 Å². The van der Waals surface area contributed by atoms with Crippen molar-refractivity contribution in [1.29, 1.82) is 0 Å². The van der Waals surface area contributed by atoms with Gasteiger partial charge in [0.25, 0.3) is 11.8 Å². The minimum atomic E-state index is -0.457. The first-order valence-corrected chi connectivity index (χ1v) is 9.90. The summed E-state index contributed by atoms with van der Waals surface area (Å²) in [6, 6.07) is 7.73. The van der Waals surface area contributed by atoms with Gasteiger partial charge in [-0.2, -0.15) is 11.3 Å². The van der Waals surface area contributed by atoms with Crippen molar-refractivity contribution in [1.82, 2.24) is 9.88 Å². The molecular weight excluding hydrogens is 406 g/mol. The van der Waals surface area contributed by atoms with Crippen LogP contribution in [0.5, 0.6) is 11.5 Å². The lowest BCUT2D eigenvalue weighted by Gasteiger charge is -2.16. The zero-order chi connectivity index (χ0) is 21.7. The molecule has 0 aliphatic rings. The molecule has 2 amide bonds. The fraction of sp³-hybridized carbons (Fsp3) is 0.190. The van der Waals surface area contributed by atoms with Crippen molar-refractivity contribution in [2.45, 2.75) is 6.54 Å². The van der Waals surface area contributed by atoms with Crippen molar-refractivity contribution in [3.05, 3.63) is 74.3 Å². The largest absolute Gasteiger partial charge is 0.493 e. The Kier molecular flexibility index (Phi) is 6.53. The van der Waals surface area contributed by atoms with Gasteiger partial charge in [-0.1, -0.05) is 0 Å². The second-order valence-corrected chi connectivity index (χ2v) is 7.17. The lowest BCUT2D eigenvalue weighted by Crippen LogP contribution is -2.23. The van der Waals surface area contributed by atoms with Crippen LogP contribution in [0.2, 0.25) is 0 Å². The van der Waals surface area contributed by atoms with E-state index in [1.807, 2.05) is 16.8 Å². The van der Waals surface area contributed by atoms with Crippen molar-refractivity contribution in [3.63, 3.8) is 0 Å². The summed E-state index contributed by atoms with van der Waals surface area (Å²) in [6.07, 6.45) is 1.43. The number of hydrogen-bond acceptors (Lipinski definition) is 6. The highest BCUT2D eigenvalue weighted by molar-refractivity contribution is 7.07. The van der Waals surface area contributed by atoms with E-state index in [1.54, 1.807) is 24.5 Å². The SMILES string of the molecule is COc1cc(C(=O)NCc2ccsc2)cc(NC(=O)c2ccc(=O)n(C)c2)c1OC. The van der Waals surface area contributed by atoms with Gasteiger partial charge >= 0.3 is 0 Å². The number of carbonyl (C=O) groups is 2. The number of amides is 2. The quantitative estimate of drug-likeness (QED) is 0.604. The van der Waals surface area contributed by atoms with Crippen LogP contribution < -0.4 is 25.7 Å². The molecule has 3 rings (SSSR count). The van der Waals surface area contributed by atoms with E-state index in [4.69, 9.17) is 9.47 Å². The predicted octanol–water partition coefficient (Wildman–Crippen LogP) is 2.65. The van der Waals surface area contributed by atoms with Crippen molar-refractivity contribution in [2.75, 3.05) is 19.5 Å². The highest BCUT2D eigenvalue weighted by Crippen LogP contribution is 2.37. The molecule has 0 bridgehead atoms. The number of thiophene rings is 1. The Morgan fingerprint density at radius 2 is 1.87 bits per heavy atom. The van der Waals surface area contributed by atoms with Gasteiger partial charge < -0.3 is 24.7 Å². The van der Waals surface area contributed by atoms with Crippen molar-refractivity contribution in [2.24, 2.45) is 7.05 Å². The molecule has 0 atom stereocenters. The van der Waals surface area contributed by atoms with Gasteiger partial charge in [0, 0.05) is 31.4 Å². The third kappa shape index (κ3) is 4.69. The molecule has 0 radical (unpaired) electrons. The highest BCUT2D eigenvalue weighted by atomic mass is 32.1. The average molecular weight is 427 g/mol. The van der Waals surface area contributed by atoms with Crippen LogP contribution in [-0.4, -0.2) is 30.6 Å². The summed E-state index contributed by atoms with van der Waals surface area (Å²) in [6.45, 7) is 0.385. The molecule has 1 aromatic carbocycles. The summed E-state index contributed by atoms with van der Waals surface area (Å²) in [7, 11) is 4.45. The van der Waals surface area contributed by atoms with Gasteiger partial charge in [0.05, 0.1) is 25.5 Å². The third-order valence-electron chi connectivity index (χ3n) is 4.37. The molecule has 156 valence electrons. The molecular formula is C21H21N3O5S. The lowest BCUT2D eigenvalue weighted by molar-refractivity contribution is 0.0949. The molecule has 2 heterocycles. The zero-order valence-corrected chi connectivity index (χ0v) is 17.5. The number of carbonyl (C=O) groups excluding carboxylic acids is 2. The van der Waals surface area contributed by atoms with Crippen molar-refractivity contribution < 1.29 is 19.1 Å². The standard InChI is InChI=1S/C21H21N3O5S/c1-24-11-14(4-5-18(24)25)21(27)23-16-8-15(9-17(28-2)19(16)29-3)20(26)22-10-13-6-7-30-12-13/h4-9,11-12H,10H2,1-3H3,(H,22,26)(H,23,27). The molecule has 8 nitrogen and oxygen atoms in total. The predicted molar refractivity (Wildman–Crippen MR) is 115 cm³/mol. The van der Waals surface area contributed by atoms with Crippen LogP contribution in [0.3, 0.4) is 0 Å². The van der Waals surface area contributed by atoms with Gasteiger partial charge in [0.15, 0.2) is 11.5 Å². The summed E-state index contributed by atoms with van der Waals surface area (Å²) in [4.78, 5) is 36.9. The molecule has 0 aliphatic carbocycles. The molecule has 0 spiro atoms. The second-order valence-electron chi connectivity index (χ2n) is 6.39. The number of anilines is 1. The maximum absolute atomic E-state index is 12.7. The molecule has 0 fully saturated rings. The smallest absolute Gasteiger partial charge is 0.257 e. The molecule has 0 aliphatic heterocycles. The Bertz CT molecular complexity index is 1120. The van der Waals surface area contributed by atoms with E-state index >= 15 is 0 Å². The number of nitrogens with zero attached hydrogens (tertiary/aromatic N) is 1. The molecule has 0 saturated carbocycles. The van der Waals surface area contributed by atoms with E-state index in [0.29, 0.717) is 17.9 Å². The van der Waals surface area contributed by atoms with Gasteiger partial charge in [0.1, 0.15) is 0 Å². The number of hydrogen-bond donors (Lipinski definition) is 2. The van der Waals surface area contributed by atoms with Gasteiger partial charge in [-0.05, 0) is 40.6 Å². The van der Waals surface area contributed by atoms with Crippen LogP contribution >= 0.6 is 11.3 Å². The van der Waals surface area contributed by atoms with Gasteiger partial charge in [-0.3, -0.25) is 14.4 Å². The van der Waals surface area contributed by atoms with E-state index in [1.165, 1.54) is 43.2 Å². The summed E-state index contributed by atoms with van der Waals surface area (Å²) in [5, 5.41) is 9.45. The van der Waals surface area contributed by atoms with E-state index in [2.05, 4.69) is 10.6 Å². The van der Waals surface area contributed by atoms with Crippen LogP contribution in [-0.2, 0) is 13.6 Å². The number of rotatable bonds is 7. The van der Waals surface area contributed by atoms with Crippen LogP contribution in [0, 0.1) is 0 Å². The minimum Gasteiger partial charge on any atom is -0.493 e. The first kappa shape index (κ1) is 21.1. The zero-order valence-electron chi connectivity index (χ0n) is 16.7. The molecule has 3 aromatic rings. The topological polar surface area (TPSA) is 98.7 Å². The van der Waals surface area contributed by atoms with Crippen LogP contribution in [0.1, 0.15) is 26.3 Å². The minimum absolute atomic E-state index is 0.227. The van der Waals surface area contributed by atoms with E-state index in [9.17, 15) is 14.4 Å². The van der Waals surface area contributed by atoms with Crippen molar-refractivity contribution >= 4 is 28.8 Å². The highest BCUT2D eigenvalue weighted by Gasteiger charge is 2.19. The molecule has 2 aromatic heterocycles. The fourth-order valence-electron chi connectivity index (χ4n) is 2.79. The molecule has 0 unspecified atom stereocenters. The van der Waals surface area contributed by atoms with E-state index in [-0.39, 0.29) is 28.5 Å². The summed E-state index contributed by atoms with van der Waals surface area (Å²) < 4.78 is 12.0. The maximum atomic E-state index is 12.7. The van der Waals surface area contributed by atoms with Crippen LogP contribution in [0.25, 0.3) is 0 Å². The fourth-order valence-corrected chi connectivity index (χ4v) is 3.46. The molecule has 9 heteroatoms. The Morgan fingerprint density at radius 3 is 2.50 bits per heavy atom. The van der Waals surface area contributed by atoms with Gasteiger partial charge in [-0.25, -0.2) is 0 Å². The lowest BCUT2D eigenvalue weighted by atomic mass is 10.1. The third-order valence-corrected chi connectivity index (χ3v) is 5.10. The first-order valence-electron chi connectivity index (χ1n) is 8.96. The Balaban J connectivity index is 1.88.